The summed E-state index contributed by atoms with van der Waals surface area (Å²) < 4.78 is 11.1. The number of morpholine rings is 1. The van der Waals surface area contributed by atoms with Gasteiger partial charge >= 0.3 is 0 Å². The average molecular weight is 215 g/mol. The van der Waals surface area contributed by atoms with E-state index in [2.05, 4.69) is 32.6 Å². The van der Waals surface area contributed by atoms with Gasteiger partial charge in [0.05, 0.1) is 18.8 Å². The van der Waals surface area contributed by atoms with Crippen LogP contribution in [0.5, 0.6) is 0 Å². The Labute approximate surface area is 93.7 Å². The van der Waals surface area contributed by atoms with Gasteiger partial charge in [0, 0.05) is 25.7 Å². The van der Waals surface area contributed by atoms with E-state index in [-0.39, 0.29) is 5.60 Å². The summed E-state index contributed by atoms with van der Waals surface area (Å²) in [5.41, 5.74) is -0.00335. The maximum absolute atomic E-state index is 5.70. The number of nitrogens with zero attached hydrogens (tertiary/aromatic N) is 1. The minimum Gasteiger partial charge on any atom is -0.379 e. The van der Waals surface area contributed by atoms with Gasteiger partial charge in [-0.05, 0) is 34.1 Å². The molecule has 0 aliphatic carbocycles. The summed E-state index contributed by atoms with van der Waals surface area (Å²) in [5.74, 6) is 0. The Hall–Kier alpha value is -0.120. The lowest BCUT2D eigenvalue weighted by Crippen LogP contribution is -2.44. The van der Waals surface area contributed by atoms with E-state index in [1.165, 1.54) is 0 Å². The third kappa shape index (κ3) is 5.50. The van der Waals surface area contributed by atoms with E-state index in [0.29, 0.717) is 6.04 Å². The van der Waals surface area contributed by atoms with Crippen molar-refractivity contribution in [2.45, 2.75) is 45.8 Å². The Morgan fingerprint density at radius 1 is 1.40 bits per heavy atom. The van der Waals surface area contributed by atoms with Gasteiger partial charge < -0.3 is 9.47 Å². The van der Waals surface area contributed by atoms with Gasteiger partial charge in [-0.25, -0.2) is 0 Å². The summed E-state index contributed by atoms with van der Waals surface area (Å²) in [6.45, 7) is 13.3. The molecule has 0 N–H and O–H groups in total. The largest absolute Gasteiger partial charge is 0.379 e. The summed E-state index contributed by atoms with van der Waals surface area (Å²) in [6, 6.07) is 0.563. The van der Waals surface area contributed by atoms with Crippen molar-refractivity contribution < 1.29 is 9.47 Å². The van der Waals surface area contributed by atoms with Gasteiger partial charge in [0.15, 0.2) is 0 Å². The highest BCUT2D eigenvalue weighted by molar-refractivity contribution is 4.70. The molecule has 0 saturated carbocycles. The quantitative estimate of drug-likeness (QED) is 0.669. The van der Waals surface area contributed by atoms with Crippen LogP contribution in [-0.4, -0.2) is 49.5 Å². The van der Waals surface area contributed by atoms with Crippen molar-refractivity contribution in [1.82, 2.24) is 4.90 Å². The van der Waals surface area contributed by atoms with Crippen molar-refractivity contribution in [3.05, 3.63) is 0 Å². The lowest BCUT2D eigenvalue weighted by Gasteiger charge is -2.33. The van der Waals surface area contributed by atoms with Crippen LogP contribution in [0.1, 0.15) is 34.1 Å². The van der Waals surface area contributed by atoms with Gasteiger partial charge in [-0.1, -0.05) is 0 Å². The molecule has 0 unspecified atom stereocenters. The first kappa shape index (κ1) is 12.9. The van der Waals surface area contributed by atoms with E-state index in [9.17, 15) is 0 Å². The molecule has 90 valence electrons. The van der Waals surface area contributed by atoms with Crippen LogP contribution in [0.2, 0.25) is 0 Å². The van der Waals surface area contributed by atoms with E-state index in [4.69, 9.17) is 9.47 Å². The molecule has 1 aliphatic heterocycles. The number of hydrogen-bond acceptors (Lipinski definition) is 3. The molecule has 15 heavy (non-hydrogen) atoms. The standard InChI is InChI=1S/C12H25NO2/c1-11-10-14-9-7-13(11)6-5-8-15-12(2,3)4/h11H,5-10H2,1-4H3/t11-/m0/s1. The molecule has 0 bridgehead atoms. The molecule has 0 amide bonds. The van der Waals surface area contributed by atoms with Gasteiger partial charge in [-0.3, -0.25) is 4.90 Å². The highest BCUT2D eigenvalue weighted by Crippen LogP contribution is 2.09. The van der Waals surface area contributed by atoms with E-state index in [1.54, 1.807) is 0 Å². The predicted molar refractivity (Wildman–Crippen MR) is 62.2 cm³/mol. The van der Waals surface area contributed by atoms with Crippen LogP contribution < -0.4 is 0 Å². The van der Waals surface area contributed by atoms with E-state index in [0.717, 1.165) is 39.3 Å². The third-order valence-electron chi connectivity index (χ3n) is 2.63. The number of ether oxygens (including phenoxy) is 2. The first-order valence-corrected chi connectivity index (χ1v) is 5.95. The van der Waals surface area contributed by atoms with Crippen molar-refractivity contribution in [3.63, 3.8) is 0 Å². The lowest BCUT2D eigenvalue weighted by molar-refractivity contribution is -0.0243. The second kappa shape index (κ2) is 5.83. The molecule has 1 rings (SSSR count). The van der Waals surface area contributed by atoms with E-state index < -0.39 is 0 Å². The van der Waals surface area contributed by atoms with Crippen LogP contribution in [0.4, 0.5) is 0 Å². The second-order valence-electron chi connectivity index (χ2n) is 5.27. The molecule has 0 radical (unpaired) electrons. The van der Waals surface area contributed by atoms with Crippen LogP contribution in [0.25, 0.3) is 0 Å². The Morgan fingerprint density at radius 3 is 2.73 bits per heavy atom. The number of hydrogen-bond donors (Lipinski definition) is 0. The molecule has 1 fully saturated rings. The monoisotopic (exact) mass is 215 g/mol. The van der Waals surface area contributed by atoms with Gasteiger partial charge in [0.2, 0.25) is 0 Å². The van der Waals surface area contributed by atoms with Gasteiger partial charge in [-0.2, -0.15) is 0 Å². The third-order valence-corrected chi connectivity index (χ3v) is 2.63. The van der Waals surface area contributed by atoms with Gasteiger partial charge in [0.1, 0.15) is 0 Å². The average Bonchev–Trinajstić information content (AvgIpc) is 2.13. The maximum Gasteiger partial charge on any atom is 0.0619 e. The van der Waals surface area contributed by atoms with Crippen LogP contribution in [-0.2, 0) is 9.47 Å². The normalized spacial score (nSPS) is 24.4. The zero-order valence-electron chi connectivity index (χ0n) is 10.6. The number of rotatable bonds is 4. The summed E-state index contributed by atoms with van der Waals surface area (Å²) in [4.78, 5) is 2.48. The van der Waals surface area contributed by atoms with Gasteiger partial charge in [-0.15, -0.1) is 0 Å². The van der Waals surface area contributed by atoms with Crippen LogP contribution in [0, 0.1) is 0 Å². The zero-order valence-corrected chi connectivity index (χ0v) is 10.6. The predicted octanol–water partition coefficient (Wildman–Crippen LogP) is 1.91. The molecule has 0 aromatic rings. The first-order chi connectivity index (χ1) is 6.99. The molecular weight excluding hydrogens is 190 g/mol. The second-order valence-corrected chi connectivity index (χ2v) is 5.27. The van der Waals surface area contributed by atoms with Crippen molar-refractivity contribution in [2.24, 2.45) is 0 Å². The smallest absolute Gasteiger partial charge is 0.0619 e. The van der Waals surface area contributed by atoms with Gasteiger partial charge in [0.25, 0.3) is 0 Å². The Balaban J connectivity index is 2.08. The summed E-state index contributed by atoms with van der Waals surface area (Å²) in [6.07, 6.45) is 1.11. The molecule has 0 aromatic heterocycles. The van der Waals surface area contributed by atoms with Crippen molar-refractivity contribution in [2.75, 3.05) is 32.9 Å². The molecular formula is C12H25NO2. The Bertz CT molecular complexity index is 177. The molecule has 0 aromatic carbocycles. The van der Waals surface area contributed by atoms with Crippen LogP contribution >= 0.6 is 0 Å². The molecule has 0 spiro atoms. The highest BCUT2D eigenvalue weighted by Gasteiger charge is 2.18. The molecule has 1 saturated heterocycles. The molecule has 1 atom stereocenters. The fourth-order valence-electron chi connectivity index (χ4n) is 1.74. The lowest BCUT2D eigenvalue weighted by atomic mass is 10.2. The fraction of sp³-hybridized carbons (Fsp3) is 1.00. The fourth-order valence-corrected chi connectivity index (χ4v) is 1.74. The topological polar surface area (TPSA) is 21.7 Å². The van der Waals surface area contributed by atoms with Crippen molar-refractivity contribution >= 4 is 0 Å². The molecule has 1 heterocycles. The SMILES string of the molecule is C[C@H]1COCCN1CCCOC(C)(C)C. The zero-order chi connectivity index (χ0) is 11.3. The minimum atomic E-state index is -0.00335. The van der Waals surface area contributed by atoms with E-state index in [1.807, 2.05) is 0 Å². The minimum absolute atomic E-state index is 0.00335. The van der Waals surface area contributed by atoms with Crippen molar-refractivity contribution in [1.29, 1.82) is 0 Å². The maximum atomic E-state index is 5.70. The molecule has 1 aliphatic rings. The summed E-state index contributed by atoms with van der Waals surface area (Å²) in [5, 5.41) is 0. The molecule has 3 heteroatoms. The first-order valence-electron chi connectivity index (χ1n) is 5.95. The highest BCUT2D eigenvalue weighted by atomic mass is 16.5. The van der Waals surface area contributed by atoms with E-state index >= 15 is 0 Å². The van der Waals surface area contributed by atoms with Crippen LogP contribution in [0.3, 0.4) is 0 Å². The van der Waals surface area contributed by atoms with Crippen LogP contribution in [0.15, 0.2) is 0 Å². The Kier molecular flexibility index (Phi) is 5.03. The Morgan fingerprint density at radius 2 is 2.13 bits per heavy atom. The van der Waals surface area contributed by atoms with Crippen molar-refractivity contribution in [3.8, 4) is 0 Å². The summed E-state index contributed by atoms with van der Waals surface area (Å²) in [7, 11) is 0. The summed E-state index contributed by atoms with van der Waals surface area (Å²) >= 11 is 0. The molecule has 3 nitrogen and oxygen atoms in total.